The van der Waals surface area contributed by atoms with Crippen LogP contribution in [0.4, 0.5) is 5.13 Å². The molecule has 134 valence electrons. The molecule has 0 bridgehead atoms. The van der Waals surface area contributed by atoms with Gasteiger partial charge in [0.25, 0.3) is 5.91 Å². The first kappa shape index (κ1) is 16.8. The smallest absolute Gasteiger partial charge is 0.349 e. The van der Waals surface area contributed by atoms with Crippen molar-refractivity contribution in [3.05, 3.63) is 50.8 Å². The highest BCUT2D eigenvalue weighted by Gasteiger charge is 2.19. The first-order valence-corrected chi connectivity index (χ1v) is 9.46. The van der Waals surface area contributed by atoms with Gasteiger partial charge < -0.3 is 9.15 Å². The maximum atomic E-state index is 12.5. The lowest BCUT2D eigenvalue weighted by atomic mass is 10.0. The van der Waals surface area contributed by atoms with Crippen LogP contribution in [-0.2, 0) is 12.8 Å². The molecule has 3 aromatic rings. The molecule has 0 saturated heterocycles. The highest BCUT2D eigenvalue weighted by molar-refractivity contribution is 7.15. The minimum Gasteiger partial charge on any atom is -0.494 e. The zero-order valence-electron chi connectivity index (χ0n) is 14.3. The molecule has 0 spiro atoms. The third kappa shape index (κ3) is 3.22. The van der Waals surface area contributed by atoms with Crippen LogP contribution in [-0.4, -0.2) is 17.5 Å². The highest BCUT2D eigenvalue weighted by atomic mass is 32.1. The standard InChI is InChI=1S/C19H18N2O4S/c1-2-24-12-8-7-11-9-13(18(23)25-15(11)10-12)17(22)21-19-20-14-5-3-4-6-16(14)26-19/h7-10H,2-6H2,1H3,(H,20,21,22). The molecule has 0 atom stereocenters. The van der Waals surface area contributed by atoms with E-state index in [1.54, 1.807) is 24.3 Å². The van der Waals surface area contributed by atoms with Gasteiger partial charge in [-0.15, -0.1) is 11.3 Å². The monoisotopic (exact) mass is 370 g/mol. The van der Waals surface area contributed by atoms with E-state index in [0.717, 1.165) is 31.4 Å². The molecule has 0 fully saturated rings. The van der Waals surface area contributed by atoms with Crippen molar-refractivity contribution in [3.8, 4) is 5.75 Å². The number of thiazole rings is 1. The Morgan fingerprint density at radius 2 is 2.15 bits per heavy atom. The van der Waals surface area contributed by atoms with Crippen LogP contribution >= 0.6 is 11.3 Å². The summed E-state index contributed by atoms with van der Waals surface area (Å²) in [7, 11) is 0. The molecule has 0 unspecified atom stereocenters. The summed E-state index contributed by atoms with van der Waals surface area (Å²) in [5, 5.41) is 3.94. The van der Waals surface area contributed by atoms with E-state index >= 15 is 0 Å². The number of hydrogen-bond donors (Lipinski definition) is 1. The average Bonchev–Trinajstić information content (AvgIpc) is 3.03. The number of fused-ring (bicyclic) bond motifs is 2. The van der Waals surface area contributed by atoms with Gasteiger partial charge in [-0.3, -0.25) is 10.1 Å². The van der Waals surface area contributed by atoms with Crippen molar-refractivity contribution in [1.82, 2.24) is 4.98 Å². The topological polar surface area (TPSA) is 81.4 Å². The van der Waals surface area contributed by atoms with Gasteiger partial charge in [-0.1, -0.05) is 0 Å². The number of carbonyl (C=O) groups is 1. The van der Waals surface area contributed by atoms with Gasteiger partial charge in [0.1, 0.15) is 16.9 Å². The zero-order chi connectivity index (χ0) is 18.1. The lowest BCUT2D eigenvalue weighted by Crippen LogP contribution is -2.20. The molecule has 2 aromatic heterocycles. The summed E-state index contributed by atoms with van der Waals surface area (Å²) < 4.78 is 10.7. The average molecular weight is 370 g/mol. The number of benzene rings is 1. The predicted molar refractivity (Wildman–Crippen MR) is 100 cm³/mol. The van der Waals surface area contributed by atoms with Crippen molar-refractivity contribution in [2.24, 2.45) is 0 Å². The summed E-state index contributed by atoms with van der Waals surface area (Å²) in [5.74, 6) is 0.120. The second-order valence-electron chi connectivity index (χ2n) is 6.13. The fraction of sp³-hybridized carbons (Fsp3) is 0.316. The molecule has 1 N–H and O–H groups in total. The van der Waals surface area contributed by atoms with Crippen molar-refractivity contribution in [2.45, 2.75) is 32.6 Å². The molecule has 1 aliphatic rings. The van der Waals surface area contributed by atoms with Gasteiger partial charge in [0.05, 0.1) is 12.3 Å². The lowest BCUT2D eigenvalue weighted by molar-refractivity contribution is 0.102. The highest BCUT2D eigenvalue weighted by Crippen LogP contribution is 2.29. The zero-order valence-corrected chi connectivity index (χ0v) is 15.1. The fourth-order valence-corrected chi connectivity index (χ4v) is 4.12. The second kappa shape index (κ2) is 6.92. The summed E-state index contributed by atoms with van der Waals surface area (Å²) in [5.41, 5.74) is 0.743. The van der Waals surface area contributed by atoms with Crippen LogP contribution in [0.5, 0.6) is 5.75 Å². The number of nitrogens with zero attached hydrogens (tertiary/aromatic N) is 1. The van der Waals surface area contributed by atoms with Gasteiger partial charge in [0, 0.05) is 16.3 Å². The Morgan fingerprint density at radius 1 is 1.31 bits per heavy atom. The van der Waals surface area contributed by atoms with Gasteiger partial charge in [0.15, 0.2) is 5.13 Å². The molecule has 6 nitrogen and oxygen atoms in total. The third-order valence-corrected chi connectivity index (χ3v) is 5.40. The quantitative estimate of drug-likeness (QED) is 0.707. The van der Waals surface area contributed by atoms with E-state index in [2.05, 4.69) is 10.3 Å². The number of aromatic nitrogens is 1. The Balaban J connectivity index is 1.62. The molecular formula is C19H18N2O4S. The summed E-state index contributed by atoms with van der Waals surface area (Å²) >= 11 is 1.48. The van der Waals surface area contributed by atoms with Crippen molar-refractivity contribution < 1.29 is 13.9 Å². The first-order chi connectivity index (χ1) is 12.6. The summed E-state index contributed by atoms with van der Waals surface area (Å²) in [6.07, 6.45) is 4.23. The van der Waals surface area contributed by atoms with Crippen LogP contribution in [0, 0.1) is 0 Å². The molecule has 2 heterocycles. The van der Waals surface area contributed by atoms with Gasteiger partial charge in [-0.2, -0.15) is 0 Å². The van der Waals surface area contributed by atoms with E-state index in [1.807, 2.05) is 6.92 Å². The molecule has 26 heavy (non-hydrogen) atoms. The number of amides is 1. The number of nitrogens with one attached hydrogen (secondary N) is 1. The Labute approximate surface area is 153 Å². The third-order valence-electron chi connectivity index (χ3n) is 4.33. The molecule has 1 aromatic carbocycles. The number of ether oxygens (including phenoxy) is 1. The van der Waals surface area contributed by atoms with Gasteiger partial charge in [-0.25, -0.2) is 9.78 Å². The largest absolute Gasteiger partial charge is 0.494 e. The Kier molecular flexibility index (Phi) is 4.46. The maximum absolute atomic E-state index is 12.5. The SMILES string of the molecule is CCOc1ccc2cc(C(=O)Nc3nc4c(s3)CCCC4)c(=O)oc2c1. The molecule has 0 radical (unpaired) electrons. The first-order valence-electron chi connectivity index (χ1n) is 8.64. The predicted octanol–water partition coefficient (Wildman–Crippen LogP) is 3.78. The fourth-order valence-electron chi connectivity index (χ4n) is 3.08. The van der Waals surface area contributed by atoms with E-state index < -0.39 is 11.5 Å². The van der Waals surface area contributed by atoms with Gasteiger partial charge in [-0.05, 0) is 50.8 Å². The molecule has 0 saturated carbocycles. The Morgan fingerprint density at radius 3 is 2.96 bits per heavy atom. The van der Waals surface area contributed by atoms with Crippen molar-refractivity contribution in [2.75, 3.05) is 11.9 Å². The summed E-state index contributed by atoms with van der Waals surface area (Å²) in [6.45, 7) is 2.40. The second-order valence-corrected chi connectivity index (χ2v) is 7.21. The molecule has 0 aliphatic heterocycles. The summed E-state index contributed by atoms with van der Waals surface area (Å²) in [4.78, 5) is 30.5. The molecular weight excluding hydrogens is 352 g/mol. The van der Waals surface area contributed by atoms with Crippen molar-refractivity contribution >= 4 is 33.3 Å². The van der Waals surface area contributed by atoms with E-state index in [0.29, 0.717) is 28.5 Å². The van der Waals surface area contributed by atoms with E-state index in [9.17, 15) is 9.59 Å². The van der Waals surface area contributed by atoms with Crippen LogP contribution in [0.25, 0.3) is 11.0 Å². The van der Waals surface area contributed by atoms with E-state index in [-0.39, 0.29) is 5.56 Å². The maximum Gasteiger partial charge on any atom is 0.349 e. The normalized spacial score (nSPS) is 13.4. The molecule has 4 rings (SSSR count). The Hall–Kier alpha value is -2.67. The van der Waals surface area contributed by atoms with Crippen LogP contribution in [0.1, 0.15) is 40.7 Å². The van der Waals surface area contributed by atoms with Crippen LogP contribution in [0.3, 0.4) is 0 Å². The van der Waals surface area contributed by atoms with E-state index in [4.69, 9.17) is 9.15 Å². The summed E-state index contributed by atoms with van der Waals surface area (Å²) in [6, 6.07) is 6.74. The Bertz CT molecular complexity index is 1010. The molecule has 7 heteroatoms. The van der Waals surface area contributed by atoms with Gasteiger partial charge in [0.2, 0.25) is 0 Å². The van der Waals surface area contributed by atoms with E-state index in [1.165, 1.54) is 16.2 Å². The number of rotatable bonds is 4. The molecule has 1 aliphatic carbocycles. The number of anilines is 1. The van der Waals surface area contributed by atoms with Crippen molar-refractivity contribution in [1.29, 1.82) is 0 Å². The van der Waals surface area contributed by atoms with Crippen LogP contribution < -0.4 is 15.7 Å². The molecule has 1 amide bonds. The van der Waals surface area contributed by atoms with Gasteiger partial charge >= 0.3 is 5.63 Å². The lowest BCUT2D eigenvalue weighted by Gasteiger charge is -2.06. The minimum atomic E-state index is -0.676. The number of carbonyl (C=O) groups excluding carboxylic acids is 1. The van der Waals surface area contributed by atoms with Crippen molar-refractivity contribution in [3.63, 3.8) is 0 Å². The van der Waals surface area contributed by atoms with Crippen LogP contribution in [0.15, 0.2) is 33.5 Å². The van der Waals surface area contributed by atoms with Crippen LogP contribution in [0.2, 0.25) is 0 Å². The minimum absolute atomic E-state index is 0.0326. The number of aryl methyl sites for hydroxylation is 2. The number of hydrogen-bond acceptors (Lipinski definition) is 6.